The second-order valence-electron chi connectivity index (χ2n) is 6.54. The average molecular weight is 364 g/mol. The van der Waals surface area contributed by atoms with Crippen molar-refractivity contribution in [2.24, 2.45) is 0 Å². The third kappa shape index (κ3) is 2.56. The van der Waals surface area contributed by atoms with Crippen molar-refractivity contribution < 1.29 is 9.47 Å². The summed E-state index contributed by atoms with van der Waals surface area (Å²) < 4.78 is 12.1. The fraction of sp³-hybridized carbons (Fsp3) is 0.556. The molecule has 3 nitrogen and oxygen atoms in total. The van der Waals surface area contributed by atoms with E-state index in [9.17, 15) is 0 Å². The molecule has 2 heterocycles. The molecule has 0 bridgehead atoms. The Bertz CT molecular complexity index is 601. The lowest BCUT2D eigenvalue weighted by molar-refractivity contribution is 0.0865. The van der Waals surface area contributed by atoms with Crippen LogP contribution < -0.4 is 9.47 Å². The van der Waals surface area contributed by atoms with Crippen LogP contribution in [0.1, 0.15) is 37.7 Å². The molecule has 0 saturated carbocycles. The number of hydrogen-bond acceptors (Lipinski definition) is 3. The zero-order valence-electron chi connectivity index (χ0n) is 12.8. The van der Waals surface area contributed by atoms with Gasteiger partial charge in [-0.05, 0) is 56.3 Å². The topological polar surface area (TPSA) is 21.7 Å². The number of nitrogens with zero attached hydrogens (tertiary/aromatic N) is 1. The minimum Gasteiger partial charge on any atom is -0.454 e. The zero-order valence-corrected chi connectivity index (χ0v) is 14.4. The lowest BCUT2D eigenvalue weighted by Crippen LogP contribution is -2.50. The van der Waals surface area contributed by atoms with Crippen molar-refractivity contribution in [1.82, 2.24) is 4.90 Å². The minimum atomic E-state index is 0.339. The fourth-order valence-corrected chi connectivity index (χ4v) is 4.57. The summed E-state index contributed by atoms with van der Waals surface area (Å²) in [7, 11) is 0. The van der Waals surface area contributed by atoms with Gasteiger partial charge in [0.2, 0.25) is 6.79 Å². The first-order chi connectivity index (χ1) is 10.8. The molecular weight excluding hydrogens is 342 g/mol. The highest BCUT2D eigenvalue weighted by molar-refractivity contribution is 9.10. The molecule has 2 aliphatic heterocycles. The molecule has 0 radical (unpaired) electrons. The number of benzene rings is 1. The molecule has 0 aromatic heterocycles. The summed E-state index contributed by atoms with van der Waals surface area (Å²) in [6.07, 6.45) is 12.5. The second-order valence-corrected chi connectivity index (χ2v) is 7.39. The highest BCUT2D eigenvalue weighted by Crippen LogP contribution is 2.39. The van der Waals surface area contributed by atoms with Gasteiger partial charge in [0, 0.05) is 16.6 Å². The molecule has 4 rings (SSSR count). The quantitative estimate of drug-likeness (QED) is 0.747. The first-order valence-electron chi connectivity index (χ1n) is 8.28. The lowest BCUT2D eigenvalue weighted by atomic mass is 9.86. The van der Waals surface area contributed by atoms with Crippen LogP contribution in [0.2, 0.25) is 0 Å². The van der Waals surface area contributed by atoms with Crippen LogP contribution in [-0.4, -0.2) is 30.3 Å². The first kappa shape index (κ1) is 14.6. The summed E-state index contributed by atoms with van der Waals surface area (Å²) in [5.74, 6) is 1.73. The SMILES string of the molecule is Brc1cc2c(cc1CCN1CCCCC13C=CCC3)OCO2. The maximum atomic E-state index is 5.51. The Morgan fingerprint density at radius 3 is 2.82 bits per heavy atom. The molecule has 1 spiro atoms. The largest absolute Gasteiger partial charge is 0.454 e. The summed E-state index contributed by atoms with van der Waals surface area (Å²) in [5.41, 5.74) is 1.66. The number of hydrogen-bond donors (Lipinski definition) is 0. The molecule has 1 aromatic carbocycles. The highest BCUT2D eigenvalue weighted by Gasteiger charge is 2.37. The van der Waals surface area contributed by atoms with Gasteiger partial charge in [0.15, 0.2) is 11.5 Å². The van der Waals surface area contributed by atoms with E-state index < -0.39 is 0 Å². The van der Waals surface area contributed by atoms with Crippen molar-refractivity contribution >= 4 is 15.9 Å². The van der Waals surface area contributed by atoms with E-state index in [0.717, 1.165) is 28.9 Å². The molecule has 1 saturated heterocycles. The zero-order chi connectivity index (χ0) is 15.0. The molecule has 3 aliphatic rings. The van der Waals surface area contributed by atoms with E-state index in [1.165, 1.54) is 44.2 Å². The Kier molecular flexibility index (Phi) is 3.91. The van der Waals surface area contributed by atoms with Crippen molar-refractivity contribution in [2.75, 3.05) is 19.9 Å². The van der Waals surface area contributed by atoms with Crippen molar-refractivity contribution in [1.29, 1.82) is 0 Å². The van der Waals surface area contributed by atoms with E-state index in [-0.39, 0.29) is 0 Å². The van der Waals surface area contributed by atoms with Gasteiger partial charge in [0.1, 0.15) is 0 Å². The molecule has 22 heavy (non-hydrogen) atoms. The van der Waals surface area contributed by atoms with Crippen LogP contribution in [0.15, 0.2) is 28.8 Å². The van der Waals surface area contributed by atoms with Crippen LogP contribution in [-0.2, 0) is 6.42 Å². The summed E-state index contributed by atoms with van der Waals surface area (Å²) in [5, 5.41) is 0. The number of likely N-dealkylation sites (tertiary alicyclic amines) is 1. The molecular formula is C18H22BrNO2. The van der Waals surface area contributed by atoms with Crippen LogP contribution in [0.3, 0.4) is 0 Å². The normalized spacial score (nSPS) is 27.0. The summed E-state index contributed by atoms with van der Waals surface area (Å²) in [4.78, 5) is 2.71. The van der Waals surface area contributed by atoms with Gasteiger partial charge in [-0.1, -0.05) is 34.5 Å². The van der Waals surface area contributed by atoms with Gasteiger partial charge in [-0.3, -0.25) is 4.90 Å². The Hall–Kier alpha value is -1.00. The third-order valence-electron chi connectivity index (χ3n) is 5.28. The molecule has 0 N–H and O–H groups in total. The molecule has 1 aromatic rings. The van der Waals surface area contributed by atoms with Crippen LogP contribution in [0.4, 0.5) is 0 Å². The molecule has 4 heteroatoms. The van der Waals surface area contributed by atoms with Gasteiger partial charge >= 0.3 is 0 Å². The lowest BCUT2D eigenvalue weighted by Gasteiger charge is -2.44. The average Bonchev–Trinajstić information content (AvgIpc) is 3.16. The van der Waals surface area contributed by atoms with E-state index in [1.54, 1.807) is 0 Å². The molecule has 1 atom stereocenters. The standard InChI is InChI=1S/C18H22BrNO2/c19-15-12-17-16(21-13-22-17)11-14(15)5-10-20-9-4-3-8-18(20)6-1-2-7-18/h1,6,11-12H,2-5,7-10,13H2. The number of fused-ring (bicyclic) bond motifs is 1. The van der Waals surface area contributed by atoms with Crippen LogP contribution in [0, 0.1) is 0 Å². The maximum absolute atomic E-state index is 5.51. The second kappa shape index (κ2) is 5.89. The van der Waals surface area contributed by atoms with E-state index >= 15 is 0 Å². The number of rotatable bonds is 3. The van der Waals surface area contributed by atoms with Crippen molar-refractivity contribution in [3.05, 3.63) is 34.3 Å². The predicted octanol–water partition coefficient (Wildman–Crippen LogP) is 4.30. The van der Waals surface area contributed by atoms with Crippen LogP contribution in [0.25, 0.3) is 0 Å². The van der Waals surface area contributed by atoms with Crippen LogP contribution in [0.5, 0.6) is 11.5 Å². The molecule has 118 valence electrons. The Labute approximate surface area is 140 Å². The summed E-state index contributed by atoms with van der Waals surface area (Å²) >= 11 is 3.68. The molecule has 1 unspecified atom stereocenters. The Morgan fingerprint density at radius 2 is 2.00 bits per heavy atom. The Balaban J connectivity index is 1.49. The van der Waals surface area contributed by atoms with Crippen molar-refractivity contribution in [2.45, 2.75) is 44.1 Å². The monoisotopic (exact) mass is 363 g/mol. The smallest absolute Gasteiger partial charge is 0.231 e. The van der Waals surface area contributed by atoms with E-state index in [2.05, 4.69) is 39.0 Å². The first-order valence-corrected chi connectivity index (χ1v) is 9.07. The molecule has 1 fully saturated rings. The predicted molar refractivity (Wildman–Crippen MR) is 90.5 cm³/mol. The Morgan fingerprint density at radius 1 is 1.14 bits per heavy atom. The van der Waals surface area contributed by atoms with Crippen molar-refractivity contribution in [3.8, 4) is 11.5 Å². The van der Waals surface area contributed by atoms with E-state index in [0.29, 0.717) is 12.3 Å². The van der Waals surface area contributed by atoms with Gasteiger partial charge in [-0.2, -0.15) is 0 Å². The summed E-state index contributed by atoms with van der Waals surface area (Å²) in [6, 6.07) is 4.17. The minimum absolute atomic E-state index is 0.339. The summed E-state index contributed by atoms with van der Waals surface area (Å²) in [6.45, 7) is 2.68. The highest BCUT2D eigenvalue weighted by atomic mass is 79.9. The van der Waals surface area contributed by atoms with Gasteiger partial charge in [-0.15, -0.1) is 0 Å². The van der Waals surface area contributed by atoms with Crippen LogP contribution >= 0.6 is 15.9 Å². The number of allylic oxidation sites excluding steroid dienone is 1. The van der Waals surface area contributed by atoms with Crippen molar-refractivity contribution in [3.63, 3.8) is 0 Å². The van der Waals surface area contributed by atoms with E-state index in [4.69, 9.17) is 9.47 Å². The number of ether oxygens (including phenoxy) is 2. The molecule has 1 aliphatic carbocycles. The molecule has 0 amide bonds. The number of halogens is 1. The van der Waals surface area contributed by atoms with Gasteiger partial charge in [-0.25, -0.2) is 0 Å². The van der Waals surface area contributed by atoms with Gasteiger partial charge in [0.25, 0.3) is 0 Å². The van der Waals surface area contributed by atoms with E-state index in [1.807, 2.05) is 6.07 Å². The third-order valence-corrected chi connectivity index (χ3v) is 6.02. The maximum Gasteiger partial charge on any atom is 0.231 e. The number of piperidine rings is 1. The van der Waals surface area contributed by atoms with Gasteiger partial charge < -0.3 is 9.47 Å². The fourth-order valence-electron chi connectivity index (χ4n) is 4.05. The van der Waals surface area contributed by atoms with Gasteiger partial charge in [0.05, 0.1) is 0 Å².